The molecule has 1 N–H and O–H groups in total. The molecule has 0 bridgehead atoms. The number of halogens is 1. The lowest BCUT2D eigenvalue weighted by Crippen LogP contribution is -2.33. The van der Waals surface area contributed by atoms with Gasteiger partial charge in [0.2, 0.25) is 6.41 Å². The van der Waals surface area contributed by atoms with Gasteiger partial charge in [0.05, 0.1) is 7.11 Å². The quantitative estimate of drug-likeness (QED) is 0.767. The third-order valence-electron chi connectivity index (χ3n) is 2.67. The van der Waals surface area contributed by atoms with Crippen molar-refractivity contribution in [3.8, 4) is 5.75 Å². The number of methoxy groups -OCH3 is 1. The van der Waals surface area contributed by atoms with Crippen molar-refractivity contribution in [3.05, 3.63) is 29.6 Å². The molecule has 0 spiro atoms. The van der Waals surface area contributed by atoms with Gasteiger partial charge in [-0.25, -0.2) is 9.18 Å². The zero-order valence-corrected chi connectivity index (χ0v) is 10.8. The topological polar surface area (TPSA) is 66.8 Å². The first kappa shape index (κ1) is 14.9. The summed E-state index contributed by atoms with van der Waals surface area (Å²) < 4.78 is 18.4. The molecule has 104 valence electrons. The molecule has 0 saturated carbocycles. The second-order valence-electron chi connectivity index (χ2n) is 3.98. The third kappa shape index (κ3) is 3.43. The van der Waals surface area contributed by atoms with Crippen LogP contribution in [0.4, 0.5) is 4.39 Å². The van der Waals surface area contributed by atoms with Crippen LogP contribution in [0.5, 0.6) is 5.75 Å². The number of carbonyl (C=O) groups excluding carboxylic acids is 1. The normalized spacial score (nSPS) is 11.7. The molecule has 19 heavy (non-hydrogen) atoms. The first-order chi connectivity index (χ1) is 9.04. The van der Waals surface area contributed by atoms with Crippen LogP contribution in [0.25, 0.3) is 0 Å². The van der Waals surface area contributed by atoms with E-state index in [1.165, 1.54) is 19.2 Å². The minimum absolute atomic E-state index is 0.0287. The maximum absolute atomic E-state index is 13.6. The number of hydrogen-bond donors (Lipinski definition) is 1. The molecule has 6 heteroatoms. The minimum atomic E-state index is -1.20. The first-order valence-electron chi connectivity index (χ1n) is 5.82. The SMILES string of the molecule is CCCN(C=O)C(C(=O)O)c1ccc(OC)c(F)c1. The van der Waals surface area contributed by atoms with E-state index in [9.17, 15) is 19.1 Å². The van der Waals surface area contributed by atoms with E-state index in [1.54, 1.807) is 0 Å². The Labute approximate surface area is 110 Å². The highest BCUT2D eigenvalue weighted by atomic mass is 19.1. The standard InChI is InChI=1S/C13H16FNO4/c1-3-6-15(8-16)12(13(17)18)9-4-5-11(19-2)10(14)7-9/h4-5,7-8,12H,3,6H2,1-2H3,(H,17,18). The zero-order valence-electron chi connectivity index (χ0n) is 10.8. The molecule has 1 amide bonds. The molecule has 0 fully saturated rings. The molecule has 0 aliphatic carbocycles. The van der Waals surface area contributed by atoms with Gasteiger partial charge in [0, 0.05) is 6.54 Å². The summed E-state index contributed by atoms with van der Waals surface area (Å²) in [7, 11) is 1.32. The van der Waals surface area contributed by atoms with Crippen LogP contribution in [0, 0.1) is 5.82 Å². The van der Waals surface area contributed by atoms with Crippen LogP contribution in [0.15, 0.2) is 18.2 Å². The van der Waals surface area contributed by atoms with Crippen molar-refractivity contribution < 1.29 is 23.8 Å². The largest absolute Gasteiger partial charge is 0.494 e. The Morgan fingerprint density at radius 1 is 1.58 bits per heavy atom. The highest BCUT2D eigenvalue weighted by Gasteiger charge is 2.26. The van der Waals surface area contributed by atoms with Crippen molar-refractivity contribution in [2.75, 3.05) is 13.7 Å². The van der Waals surface area contributed by atoms with E-state index in [1.807, 2.05) is 6.92 Å². The molecule has 0 heterocycles. The van der Waals surface area contributed by atoms with Crippen LogP contribution in [-0.4, -0.2) is 36.0 Å². The number of benzene rings is 1. The predicted molar refractivity (Wildman–Crippen MR) is 66.4 cm³/mol. The van der Waals surface area contributed by atoms with Crippen molar-refractivity contribution in [2.24, 2.45) is 0 Å². The van der Waals surface area contributed by atoms with Gasteiger partial charge < -0.3 is 14.7 Å². The number of carboxylic acid groups (broad SMARTS) is 1. The summed E-state index contributed by atoms with van der Waals surface area (Å²) in [6.45, 7) is 2.11. The molecule has 1 unspecified atom stereocenters. The Balaban J connectivity index is 3.15. The summed E-state index contributed by atoms with van der Waals surface area (Å²) in [5, 5.41) is 9.22. The summed E-state index contributed by atoms with van der Waals surface area (Å²) >= 11 is 0. The molecule has 0 aliphatic rings. The highest BCUT2D eigenvalue weighted by molar-refractivity contribution is 5.78. The molecule has 0 aromatic heterocycles. The van der Waals surface area contributed by atoms with Crippen LogP contribution in [-0.2, 0) is 9.59 Å². The lowest BCUT2D eigenvalue weighted by atomic mass is 10.0. The van der Waals surface area contributed by atoms with Gasteiger partial charge in [-0.1, -0.05) is 13.0 Å². The fraction of sp³-hybridized carbons (Fsp3) is 0.385. The van der Waals surface area contributed by atoms with E-state index in [4.69, 9.17) is 4.74 Å². The van der Waals surface area contributed by atoms with Gasteiger partial charge in [0.25, 0.3) is 0 Å². The number of amides is 1. The summed E-state index contributed by atoms with van der Waals surface area (Å²) in [4.78, 5) is 23.4. The van der Waals surface area contributed by atoms with Gasteiger partial charge in [0.15, 0.2) is 17.6 Å². The average Bonchev–Trinajstić information content (AvgIpc) is 2.38. The number of nitrogens with zero attached hydrogens (tertiary/aromatic N) is 1. The molecule has 1 aromatic carbocycles. The van der Waals surface area contributed by atoms with Crippen molar-refractivity contribution in [3.63, 3.8) is 0 Å². The second kappa shape index (κ2) is 6.72. The first-order valence-corrected chi connectivity index (χ1v) is 5.82. The Morgan fingerprint density at radius 2 is 2.26 bits per heavy atom. The number of carbonyl (C=O) groups is 2. The molecule has 1 rings (SSSR count). The van der Waals surface area contributed by atoms with Gasteiger partial charge in [-0.05, 0) is 24.1 Å². The molecule has 0 radical (unpaired) electrons. The third-order valence-corrected chi connectivity index (χ3v) is 2.67. The van der Waals surface area contributed by atoms with Gasteiger partial charge in [-0.2, -0.15) is 0 Å². The summed E-state index contributed by atoms with van der Waals surface area (Å²) in [6, 6.07) is 2.66. The Hall–Kier alpha value is -2.11. The monoisotopic (exact) mass is 269 g/mol. The molecule has 5 nitrogen and oxygen atoms in total. The minimum Gasteiger partial charge on any atom is -0.494 e. The van der Waals surface area contributed by atoms with E-state index >= 15 is 0 Å². The van der Waals surface area contributed by atoms with Crippen LogP contribution in [0.2, 0.25) is 0 Å². The zero-order chi connectivity index (χ0) is 14.4. The second-order valence-corrected chi connectivity index (χ2v) is 3.98. The number of rotatable bonds is 7. The Morgan fingerprint density at radius 3 is 2.68 bits per heavy atom. The average molecular weight is 269 g/mol. The number of ether oxygens (including phenoxy) is 1. The van der Waals surface area contributed by atoms with Gasteiger partial charge in [0.1, 0.15) is 0 Å². The van der Waals surface area contributed by atoms with Gasteiger partial charge >= 0.3 is 5.97 Å². The van der Waals surface area contributed by atoms with Crippen molar-refractivity contribution in [1.29, 1.82) is 0 Å². The van der Waals surface area contributed by atoms with Crippen LogP contribution >= 0.6 is 0 Å². The number of hydrogen-bond acceptors (Lipinski definition) is 3. The summed E-state index contributed by atoms with van der Waals surface area (Å²) in [6.07, 6.45) is 1.07. The molecular weight excluding hydrogens is 253 g/mol. The molecular formula is C13H16FNO4. The fourth-order valence-electron chi connectivity index (χ4n) is 1.83. The van der Waals surface area contributed by atoms with Crippen molar-refractivity contribution in [2.45, 2.75) is 19.4 Å². The van der Waals surface area contributed by atoms with Crippen LogP contribution in [0.3, 0.4) is 0 Å². The summed E-state index contributed by atoms with van der Waals surface area (Å²) in [5.41, 5.74) is 0.200. The van der Waals surface area contributed by atoms with Crippen LogP contribution in [0.1, 0.15) is 24.9 Å². The Kier molecular flexibility index (Phi) is 5.29. The number of carboxylic acids is 1. The van der Waals surface area contributed by atoms with Crippen LogP contribution < -0.4 is 4.74 Å². The van der Waals surface area contributed by atoms with E-state index in [-0.39, 0.29) is 17.9 Å². The molecule has 1 aromatic rings. The van der Waals surface area contributed by atoms with Crippen molar-refractivity contribution in [1.82, 2.24) is 4.90 Å². The Bertz CT molecular complexity index is 464. The van der Waals surface area contributed by atoms with Gasteiger partial charge in [-0.3, -0.25) is 4.79 Å². The van der Waals surface area contributed by atoms with E-state index in [2.05, 4.69) is 0 Å². The molecule has 0 aliphatic heterocycles. The predicted octanol–water partition coefficient (Wildman–Crippen LogP) is 1.83. The maximum Gasteiger partial charge on any atom is 0.331 e. The fourth-order valence-corrected chi connectivity index (χ4v) is 1.83. The lowest BCUT2D eigenvalue weighted by Gasteiger charge is -2.25. The number of aliphatic carboxylic acids is 1. The molecule has 0 saturated heterocycles. The lowest BCUT2D eigenvalue weighted by molar-refractivity contribution is -0.146. The van der Waals surface area contributed by atoms with E-state index < -0.39 is 17.8 Å². The highest BCUT2D eigenvalue weighted by Crippen LogP contribution is 2.25. The molecule has 1 atom stereocenters. The smallest absolute Gasteiger partial charge is 0.331 e. The summed E-state index contributed by atoms with van der Waals surface area (Å²) in [5.74, 6) is -1.83. The maximum atomic E-state index is 13.6. The van der Waals surface area contributed by atoms with Gasteiger partial charge in [-0.15, -0.1) is 0 Å². The van der Waals surface area contributed by atoms with Crippen molar-refractivity contribution >= 4 is 12.4 Å². The van der Waals surface area contributed by atoms with E-state index in [0.717, 1.165) is 11.0 Å². The van der Waals surface area contributed by atoms with E-state index in [0.29, 0.717) is 12.8 Å².